The zero-order valence-electron chi connectivity index (χ0n) is 17.0. The number of nitrogens with zero attached hydrogens (tertiary/aromatic N) is 1. The summed E-state index contributed by atoms with van der Waals surface area (Å²) in [6, 6.07) is 8.20. The third-order valence-electron chi connectivity index (χ3n) is 5.95. The van der Waals surface area contributed by atoms with E-state index in [1.54, 1.807) is 0 Å². The molecule has 2 heterocycles. The van der Waals surface area contributed by atoms with Crippen LogP contribution in [0.4, 0.5) is 0 Å². The molecule has 0 spiro atoms. The summed E-state index contributed by atoms with van der Waals surface area (Å²) in [5.41, 5.74) is 4.09. The van der Waals surface area contributed by atoms with E-state index < -0.39 is 0 Å². The lowest BCUT2D eigenvalue weighted by molar-refractivity contribution is 0.0952. The lowest BCUT2D eigenvalue weighted by Crippen LogP contribution is -2.29. The van der Waals surface area contributed by atoms with Crippen molar-refractivity contribution in [2.45, 2.75) is 58.5 Å². The van der Waals surface area contributed by atoms with Crippen molar-refractivity contribution in [2.75, 3.05) is 0 Å². The fourth-order valence-corrected chi connectivity index (χ4v) is 4.48. The number of amides is 1. The normalized spacial score (nSPS) is 14.4. The summed E-state index contributed by atoms with van der Waals surface area (Å²) in [5.74, 6) is 0.296. The number of hydrogen-bond acceptors (Lipinski definition) is 2. The molecule has 1 aromatic carbocycles. The molecule has 0 radical (unpaired) electrons. The molecule has 0 unspecified atom stereocenters. The van der Waals surface area contributed by atoms with Crippen molar-refractivity contribution in [1.82, 2.24) is 14.9 Å². The van der Waals surface area contributed by atoms with E-state index >= 15 is 0 Å². The van der Waals surface area contributed by atoms with E-state index in [0.717, 1.165) is 39.5 Å². The predicted molar refractivity (Wildman–Crippen MR) is 120 cm³/mol. The molecule has 4 rings (SSSR count). The van der Waals surface area contributed by atoms with Crippen LogP contribution >= 0.6 is 15.9 Å². The molecule has 2 N–H and O–H groups in total. The molecule has 0 aliphatic heterocycles. The number of hydrogen-bond donors (Lipinski definition) is 2. The van der Waals surface area contributed by atoms with Gasteiger partial charge in [-0.05, 0) is 69.4 Å². The first-order valence-electron chi connectivity index (χ1n) is 10.2. The molecule has 1 aliphatic rings. The molecule has 1 aliphatic carbocycles. The fourth-order valence-electron chi connectivity index (χ4n) is 4.03. The molecule has 0 atom stereocenters. The Labute approximate surface area is 178 Å². The number of H-pyrrole nitrogens is 1. The topological polar surface area (TPSA) is 66.9 Å². The molecule has 5 nitrogen and oxygen atoms in total. The van der Waals surface area contributed by atoms with Crippen molar-refractivity contribution < 1.29 is 4.79 Å². The average molecular weight is 456 g/mol. The number of benzene rings is 1. The lowest BCUT2D eigenvalue weighted by atomic mass is 9.82. The molecule has 3 aromatic rings. The molecule has 29 heavy (non-hydrogen) atoms. The minimum atomic E-state index is -0.181. The molecule has 152 valence electrons. The van der Waals surface area contributed by atoms with E-state index in [1.807, 2.05) is 31.3 Å². The van der Waals surface area contributed by atoms with Crippen LogP contribution in [0, 0.1) is 6.92 Å². The Kier molecular flexibility index (Phi) is 5.38. The second-order valence-electron chi connectivity index (χ2n) is 8.23. The summed E-state index contributed by atoms with van der Waals surface area (Å²) in [6.07, 6.45) is 5.51. The van der Waals surface area contributed by atoms with E-state index in [0.29, 0.717) is 23.1 Å². The van der Waals surface area contributed by atoms with Gasteiger partial charge in [0.05, 0.1) is 5.52 Å². The Morgan fingerprint density at radius 2 is 2.07 bits per heavy atom. The summed E-state index contributed by atoms with van der Waals surface area (Å²) in [4.78, 5) is 28.6. The summed E-state index contributed by atoms with van der Waals surface area (Å²) < 4.78 is 3.00. The highest BCUT2D eigenvalue weighted by Crippen LogP contribution is 2.35. The number of aryl methyl sites for hydroxylation is 1. The van der Waals surface area contributed by atoms with Crippen molar-refractivity contribution in [3.8, 4) is 0 Å². The Morgan fingerprint density at radius 3 is 2.69 bits per heavy atom. The van der Waals surface area contributed by atoms with Crippen molar-refractivity contribution in [1.29, 1.82) is 0 Å². The number of carbonyl (C=O) groups excluding carboxylic acids is 1. The number of rotatable bonds is 5. The number of pyridine rings is 1. The molecule has 2 aromatic heterocycles. The van der Waals surface area contributed by atoms with Gasteiger partial charge in [-0.3, -0.25) is 9.59 Å². The molecule has 0 saturated heterocycles. The Bertz CT molecular complexity index is 1140. The van der Waals surface area contributed by atoms with Gasteiger partial charge in [-0.15, -0.1) is 0 Å². The molecule has 0 bridgehead atoms. The maximum Gasteiger partial charge on any atom is 0.253 e. The van der Waals surface area contributed by atoms with Crippen LogP contribution < -0.4 is 10.9 Å². The minimum Gasteiger partial charge on any atom is -0.348 e. The van der Waals surface area contributed by atoms with Gasteiger partial charge < -0.3 is 14.9 Å². The first-order valence-corrected chi connectivity index (χ1v) is 11.0. The van der Waals surface area contributed by atoms with E-state index in [1.165, 1.54) is 6.42 Å². The van der Waals surface area contributed by atoms with Gasteiger partial charge >= 0.3 is 0 Å². The van der Waals surface area contributed by atoms with Crippen LogP contribution in [0.5, 0.6) is 0 Å². The standard InChI is InChI=1S/C23H26BrN3O2/c1-13(2)27-8-7-17-18(10-16(24)11-21(17)27)22(28)25-12-19-14(3)9-20(26-23(19)29)15-5-4-6-15/h7-11,13,15H,4-6,12H2,1-3H3,(H,25,28)(H,26,29). The van der Waals surface area contributed by atoms with Crippen LogP contribution in [0.15, 0.2) is 39.7 Å². The second-order valence-corrected chi connectivity index (χ2v) is 9.14. The third-order valence-corrected chi connectivity index (χ3v) is 6.41. The number of fused-ring (bicyclic) bond motifs is 1. The van der Waals surface area contributed by atoms with E-state index in [-0.39, 0.29) is 18.0 Å². The number of carbonyl (C=O) groups is 1. The van der Waals surface area contributed by atoms with E-state index in [9.17, 15) is 9.59 Å². The highest BCUT2D eigenvalue weighted by atomic mass is 79.9. The van der Waals surface area contributed by atoms with Gasteiger partial charge in [0.1, 0.15) is 0 Å². The third kappa shape index (κ3) is 3.78. The maximum atomic E-state index is 13.0. The van der Waals surface area contributed by atoms with Crippen LogP contribution in [0.3, 0.4) is 0 Å². The largest absolute Gasteiger partial charge is 0.348 e. The van der Waals surface area contributed by atoms with E-state index in [2.05, 4.69) is 50.7 Å². The second kappa shape index (κ2) is 7.82. The van der Waals surface area contributed by atoms with Crippen LogP contribution in [0.1, 0.15) is 72.2 Å². The maximum absolute atomic E-state index is 13.0. The molecule has 1 saturated carbocycles. The minimum absolute atomic E-state index is 0.0995. The number of halogens is 1. The Morgan fingerprint density at radius 1 is 1.31 bits per heavy atom. The van der Waals surface area contributed by atoms with E-state index in [4.69, 9.17) is 0 Å². The fraction of sp³-hybridized carbons (Fsp3) is 0.391. The molecule has 1 fully saturated rings. The van der Waals surface area contributed by atoms with Crippen LogP contribution in [-0.4, -0.2) is 15.5 Å². The van der Waals surface area contributed by atoms with Crippen LogP contribution in [0.2, 0.25) is 0 Å². The van der Waals surface area contributed by atoms with Crippen LogP contribution in [0.25, 0.3) is 10.9 Å². The number of nitrogens with one attached hydrogen (secondary N) is 2. The SMILES string of the molecule is Cc1cc(C2CCC2)[nH]c(=O)c1CNC(=O)c1cc(Br)cc2c1ccn2C(C)C. The summed E-state index contributed by atoms with van der Waals surface area (Å²) >= 11 is 3.52. The molecule has 1 amide bonds. The Hall–Kier alpha value is -2.34. The van der Waals surface area contributed by atoms with Gasteiger partial charge in [0.15, 0.2) is 0 Å². The predicted octanol–water partition coefficient (Wildman–Crippen LogP) is 5.18. The van der Waals surface area contributed by atoms with Gasteiger partial charge in [-0.25, -0.2) is 0 Å². The highest BCUT2D eigenvalue weighted by molar-refractivity contribution is 9.10. The first kappa shape index (κ1) is 20.0. The molecular weight excluding hydrogens is 430 g/mol. The van der Waals surface area contributed by atoms with Gasteiger partial charge in [0, 0.05) is 45.5 Å². The first-order chi connectivity index (χ1) is 13.8. The van der Waals surface area contributed by atoms with Gasteiger partial charge in [-0.2, -0.15) is 0 Å². The molecule has 6 heteroatoms. The highest BCUT2D eigenvalue weighted by Gasteiger charge is 2.22. The van der Waals surface area contributed by atoms with Crippen molar-refractivity contribution in [3.05, 3.63) is 67.7 Å². The zero-order chi connectivity index (χ0) is 20.7. The number of aromatic amines is 1. The summed E-state index contributed by atoms with van der Waals surface area (Å²) in [5, 5.41) is 3.85. The quantitative estimate of drug-likeness (QED) is 0.556. The van der Waals surface area contributed by atoms with Crippen molar-refractivity contribution in [2.24, 2.45) is 0 Å². The van der Waals surface area contributed by atoms with Crippen molar-refractivity contribution >= 4 is 32.7 Å². The lowest BCUT2D eigenvalue weighted by Gasteiger charge is -2.25. The summed E-state index contributed by atoms with van der Waals surface area (Å²) in [7, 11) is 0. The van der Waals surface area contributed by atoms with Gasteiger partial charge in [0.25, 0.3) is 11.5 Å². The smallest absolute Gasteiger partial charge is 0.253 e. The summed E-state index contributed by atoms with van der Waals surface area (Å²) in [6.45, 7) is 6.38. The van der Waals surface area contributed by atoms with Gasteiger partial charge in [0.2, 0.25) is 0 Å². The van der Waals surface area contributed by atoms with Crippen LogP contribution in [-0.2, 0) is 6.54 Å². The monoisotopic (exact) mass is 455 g/mol. The zero-order valence-corrected chi connectivity index (χ0v) is 18.6. The van der Waals surface area contributed by atoms with Gasteiger partial charge in [-0.1, -0.05) is 22.4 Å². The molecular formula is C23H26BrN3O2. The van der Waals surface area contributed by atoms with Crippen molar-refractivity contribution in [3.63, 3.8) is 0 Å². The number of aromatic nitrogens is 2. The average Bonchev–Trinajstić information content (AvgIpc) is 3.02. The Balaban J connectivity index is 1.58.